The van der Waals surface area contributed by atoms with E-state index in [0.717, 1.165) is 6.42 Å². The summed E-state index contributed by atoms with van der Waals surface area (Å²) in [4.78, 5) is 13.6. The summed E-state index contributed by atoms with van der Waals surface area (Å²) >= 11 is 0. The minimum Gasteiger partial charge on any atom is -1.00 e. The molecule has 2 nitrogen and oxygen atoms in total. The first-order valence-electron chi connectivity index (χ1n) is 15.6. The largest absolute Gasteiger partial charge is 3.00 e. The van der Waals surface area contributed by atoms with Gasteiger partial charge < -0.3 is 35.3 Å². The van der Waals surface area contributed by atoms with Gasteiger partial charge in [-0.3, -0.25) is 0 Å². The number of nitrogens with one attached hydrogen (secondary N) is 1. The number of amides is 1. The molecular formula is C32H56Cl2NOSiTi. The predicted octanol–water partition coefficient (Wildman–Crippen LogP) is 4.22. The summed E-state index contributed by atoms with van der Waals surface area (Å²) in [5, 5.41) is 0. The van der Waals surface area contributed by atoms with E-state index in [1.807, 2.05) is 0 Å². The van der Waals surface area contributed by atoms with Crippen molar-refractivity contribution in [1.82, 2.24) is 0 Å². The molecule has 6 heteroatoms. The van der Waals surface area contributed by atoms with Gasteiger partial charge in [0.25, 0.3) is 0 Å². The van der Waals surface area contributed by atoms with Crippen molar-refractivity contribution in [3.05, 3.63) is 28.0 Å². The molecule has 0 saturated heterocycles. The number of halogens is 2. The molecule has 0 heterocycles. The van der Waals surface area contributed by atoms with E-state index in [2.05, 4.69) is 40.8 Å². The second kappa shape index (κ2) is 18.1. The third-order valence-electron chi connectivity index (χ3n) is 10.2. The first-order chi connectivity index (χ1) is 16.9. The average molecular weight is 618 g/mol. The van der Waals surface area contributed by atoms with Gasteiger partial charge in [0.05, 0.1) is 5.91 Å². The van der Waals surface area contributed by atoms with Crippen molar-refractivity contribution in [1.29, 1.82) is 0 Å². The normalized spacial score (nSPS) is 28.0. The van der Waals surface area contributed by atoms with Gasteiger partial charge in [-0.05, 0) is 85.0 Å². The number of carbonyl (C=O) groups excluding carboxylic acids is 1. The summed E-state index contributed by atoms with van der Waals surface area (Å²) < 4.78 is 0. The summed E-state index contributed by atoms with van der Waals surface area (Å²) in [6.45, 7) is 14.3. The Morgan fingerprint density at radius 3 is 1.97 bits per heavy atom. The molecule has 0 aliphatic heterocycles. The van der Waals surface area contributed by atoms with Crippen LogP contribution in [-0.2, 0) is 26.5 Å². The molecule has 3 aliphatic carbocycles. The molecule has 5 unspecified atom stereocenters. The van der Waals surface area contributed by atoms with Crippen LogP contribution in [0.4, 0.5) is 0 Å². The van der Waals surface area contributed by atoms with Crippen molar-refractivity contribution >= 4 is 14.7 Å². The van der Waals surface area contributed by atoms with E-state index in [-0.39, 0.29) is 52.4 Å². The van der Waals surface area contributed by atoms with Crippen molar-refractivity contribution in [2.45, 2.75) is 149 Å². The Bertz CT molecular complexity index is 798. The molecule has 0 aromatic rings. The van der Waals surface area contributed by atoms with Gasteiger partial charge in [-0.25, -0.2) is 0 Å². The van der Waals surface area contributed by atoms with Crippen LogP contribution in [0.25, 0.3) is 5.73 Å². The minimum absolute atomic E-state index is 0. The van der Waals surface area contributed by atoms with Crippen molar-refractivity contribution < 1.29 is 51.3 Å². The number of carbonyl (C=O) groups is 1. The zero-order chi connectivity index (χ0) is 25.6. The fourth-order valence-electron chi connectivity index (χ4n) is 8.90. The molecule has 2 fully saturated rings. The molecule has 3 aliphatic rings. The molecule has 0 spiro atoms. The third-order valence-corrected chi connectivity index (χ3v) is 12.7. The summed E-state index contributed by atoms with van der Waals surface area (Å²) in [5.74, 6) is 1.31. The molecule has 0 aromatic heterocycles. The van der Waals surface area contributed by atoms with Crippen LogP contribution in [0.1, 0.15) is 130 Å². The summed E-state index contributed by atoms with van der Waals surface area (Å²) in [5.41, 5.74) is 15.2. The van der Waals surface area contributed by atoms with Gasteiger partial charge in [-0.2, -0.15) is 0 Å². The van der Waals surface area contributed by atoms with E-state index < -0.39 is 14.2 Å². The Labute approximate surface area is 264 Å². The van der Waals surface area contributed by atoms with Crippen LogP contribution in [0.15, 0.2) is 22.3 Å². The first-order valence-corrected chi connectivity index (χ1v) is 18.5. The Morgan fingerprint density at radius 1 is 0.868 bits per heavy atom. The standard InChI is InChI=1S/C32H57NOSi.2ClH.Ti/c1-7-10-12-14-15-17-18-27-23(4)29(26(9-3)28(27)19-16-13-11-8-2)32(31(33)34)25-21-20-24(22-25)30(32)35(5)6;;;/h23-25,30,35H,7-22H2,1-6H3,(H2,33,34);2*1H;/q;;;+3/p-3. The number of allylic oxidation sites excluding steroid dienone is 3. The van der Waals surface area contributed by atoms with Gasteiger partial charge in [0.2, 0.25) is 0 Å². The Hall–Kier alpha value is 0.461. The molecule has 3 rings (SSSR count). The van der Waals surface area contributed by atoms with Crippen LogP contribution in [0.2, 0.25) is 18.6 Å². The molecule has 38 heavy (non-hydrogen) atoms. The molecular weight excluding hydrogens is 561 g/mol. The van der Waals surface area contributed by atoms with Crippen LogP contribution in [0, 0.1) is 23.2 Å². The molecule has 2 saturated carbocycles. The maximum Gasteiger partial charge on any atom is 3.00 e. The van der Waals surface area contributed by atoms with Crippen molar-refractivity contribution in [3.8, 4) is 0 Å². The number of fused-ring (bicyclic) bond motifs is 2. The van der Waals surface area contributed by atoms with E-state index in [0.29, 0.717) is 23.3 Å². The SMILES string of the molecule is CCCCCCCCC1=C(CCCCCC)C(CC)=C(C2(C([NH-])=O)C3CCC(C3)C2[SiH](C)C)C1C.[Cl-].[Cl-].[Ti+3]. The molecule has 2 bridgehead atoms. The first kappa shape index (κ1) is 38.5. The third kappa shape index (κ3) is 7.64. The van der Waals surface area contributed by atoms with Gasteiger partial charge in [0.15, 0.2) is 0 Å². The quantitative estimate of drug-likeness (QED) is 0.189. The fraction of sp³-hybridized carbons (Fsp3) is 0.844. The second-order valence-electron chi connectivity index (χ2n) is 12.5. The maximum absolute atomic E-state index is 13.6. The van der Waals surface area contributed by atoms with Crippen molar-refractivity contribution in [3.63, 3.8) is 0 Å². The van der Waals surface area contributed by atoms with Crippen LogP contribution in [0.3, 0.4) is 0 Å². The zero-order valence-electron chi connectivity index (χ0n) is 25.4. The predicted molar refractivity (Wildman–Crippen MR) is 155 cm³/mol. The van der Waals surface area contributed by atoms with E-state index in [4.69, 9.17) is 5.73 Å². The Kier molecular flexibility index (Phi) is 18.3. The van der Waals surface area contributed by atoms with Gasteiger partial charge in [-0.15, -0.1) is 0 Å². The summed E-state index contributed by atoms with van der Waals surface area (Å²) in [6, 6.07) is 0. The number of unbranched alkanes of at least 4 members (excludes halogenated alkanes) is 8. The van der Waals surface area contributed by atoms with Crippen LogP contribution < -0.4 is 24.8 Å². The van der Waals surface area contributed by atoms with Gasteiger partial charge in [-0.1, -0.05) is 104 Å². The van der Waals surface area contributed by atoms with Crippen molar-refractivity contribution in [2.24, 2.45) is 23.2 Å². The Balaban J connectivity index is 0.00000456. The van der Waals surface area contributed by atoms with Crippen LogP contribution in [0.5, 0.6) is 0 Å². The van der Waals surface area contributed by atoms with Crippen molar-refractivity contribution in [2.75, 3.05) is 0 Å². The van der Waals surface area contributed by atoms with E-state index >= 15 is 0 Å². The zero-order valence-corrected chi connectivity index (χ0v) is 29.6. The molecule has 5 atom stereocenters. The monoisotopic (exact) mass is 616 g/mol. The molecule has 1 radical (unpaired) electrons. The van der Waals surface area contributed by atoms with Gasteiger partial charge in [0, 0.05) is 14.2 Å². The second-order valence-corrected chi connectivity index (χ2v) is 15.7. The molecule has 1 amide bonds. The molecule has 1 N–H and O–H groups in total. The minimum atomic E-state index is -1.08. The summed E-state index contributed by atoms with van der Waals surface area (Å²) in [7, 11) is -1.08. The Morgan fingerprint density at radius 2 is 1.42 bits per heavy atom. The molecule has 0 aromatic carbocycles. The molecule has 217 valence electrons. The number of hydrogen-bond donors (Lipinski definition) is 0. The van der Waals surface area contributed by atoms with Gasteiger partial charge >= 0.3 is 21.7 Å². The number of hydrogen-bond acceptors (Lipinski definition) is 1. The van der Waals surface area contributed by atoms with Crippen LogP contribution >= 0.6 is 0 Å². The number of rotatable bonds is 16. The maximum atomic E-state index is 13.6. The van der Waals surface area contributed by atoms with E-state index in [1.165, 1.54) is 102 Å². The van der Waals surface area contributed by atoms with E-state index in [1.54, 1.807) is 16.7 Å². The fourth-order valence-corrected chi connectivity index (χ4v) is 12.0. The van der Waals surface area contributed by atoms with Crippen LogP contribution in [-0.4, -0.2) is 14.7 Å². The average Bonchev–Trinajstić information content (AvgIpc) is 3.50. The topological polar surface area (TPSA) is 40.9 Å². The summed E-state index contributed by atoms with van der Waals surface area (Å²) in [6.07, 6.45) is 20.4. The smallest absolute Gasteiger partial charge is 1.00 e. The van der Waals surface area contributed by atoms with E-state index in [9.17, 15) is 4.79 Å². The van der Waals surface area contributed by atoms with Gasteiger partial charge in [0.1, 0.15) is 0 Å².